The summed E-state index contributed by atoms with van der Waals surface area (Å²) in [6.45, 7) is 5.80. The van der Waals surface area contributed by atoms with Crippen molar-refractivity contribution < 1.29 is 14.3 Å². The first-order valence-electron chi connectivity index (χ1n) is 10.7. The van der Waals surface area contributed by atoms with Gasteiger partial charge in [-0.1, -0.05) is 29.3 Å². The molecule has 0 aromatic heterocycles. The molecule has 0 unspecified atom stereocenters. The number of unbranched alkanes of at least 4 members (excludes halogenated alkanes) is 2. The predicted octanol–water partition coefficient (Wildman–Crippen LogP) is 4.70. The summed E-state index contributed by atoms with van der Waals surface area (Å²) in [5, 5.41) is 4.05. The van der Waals surface area contributed by atoms with Gasteiger partial charge in [0.2, 0.25) is 0 Å². The Bertz CT molecular complexity index is 917. The minimum atomic E-state index is -0.138. The quantitative estimate of drug-likeness (QED) is 0.575. The van der Waals surface area contributed by atoms with Crippen LogP contribution in [0.3, 0.4) is 0 Å². The molecule has 4 rings (SSSR count). The van der Waals surface area contributed by atoms with Crippen LogP contribution in [0, 0.1) is 0 Å². The first-order valence-corrected chi connectivity index (χ1v) is 11.5. The molecule has 2 aromatic rings. The number of carbonyl (C=O) groups excluding carboxylic acids is 1. The Morgan fingerprint density at radius 2 is 1.87 bits per heavy atom. The van der Waals surface area contributed by atoms with E-state index in [1.165, 1.54) is 0 Å². The van der Waals surface area contributed by atoms with E-state index in [9.17, 15) is 4.79 Å². The van der Waals surface area contributed by atoms with Crippen molar-refractivity contribution in [2.45, 2.75) is 19.3 Å². The highest BCUT2D eigenvalue weighted by Gasteiger charge is 2.19. The number of anilines is 2. The molecule has 0 bridgehead atoms. The van der Waals surface area contributed by atoms with Crippen LogP contribution in [0.15, 0.2) is 36.4 Å². The highest BCUT2D eigenvalue weighted by molar-refractivity contribution is 6.43. The third-order valence-corrected chi connectivity index (χ3v) is 6.42. The van der Waals surface area contributed by atoms with E-state index in [4.69, 9.17) is 32.7 Å². The number of hydrogen-bond acceptors (Lipinski definition) is 5. The zero-order valence-electron chi connectivity index (χ0n) is 17.4. The molecule has 0 spiro atoms. The summed E-state index contributed by atoms with van der Waals surface area (Å²) in [5.41, 5.74) is 1.70. The Morgan fingerprint density at radius 3 is 2.71 bits per heavy atom. The summed E-state index contributed by atoms with van der Waals surface area (Å²) in [6, 6.07) is 11.3. The normalized spacial score (nSPS) is 16.5. The molecule has 0 atom stereocenters. The van der Waals surface area contributed by atoms with E-state index in [-0.39, 0.29) is 12.5 Å². The van der Waals surface area contributed by atoms with Gasteiger partial charge >= 0.3 is 0 Å². The molecule has 2 aliphatic heterocycles. The Morgan fingerprint density at radius 1 is 1.03 bits per heavy atom. The topological polar surface area (TPSA) is 54.0 Å². The molecular weight excluding hydrogens is 437 g/mol. The van der Waals surface area contributed by atoms with Crippen LogP contribution in [-0.4, -0.2) is 56.7 Å². The van der Waals surface area contributed by atoms with Gasteiger partial charge in [0.05, 0.1) is 28.0 Å². The van der Waals surface area contributed by atoms with E-state index in [0.29, 0.717) is 28.1 Å². The van der Waals surface area contributed by atoms with E-state index in [0.717, 1.165) is 63.4 Å². The van der Waals surface area contributed by atoms with Crippen LogP contribution in [0.4, 0.5) is 11.4 Å². The fourth-order valence-electron chi connectivity index (χ4n) is 3.91. The van der Waals surface area contributed by atoms with Crippen molar-refractivity contribution in [3.63, 3.8) is 0 Å². The standard InChI is InChI=1S/C23H27Cl2N3O3/c24-18-5-4-6-20(23(18)25)28-12-10-27(11-13-28)9-2-1-3-14-30-17-7-8-21-19(15-17)26-22(29)16-31-21/h4-8,15H,1-3,9-14,16H2,(H,26,29). The number of fused-ring (bicyclic) bond motifs is 1. The first kappa shape index (κ1) is 22.1. The Balaban J connectivity index is 1.11. The maximum atomic E-state index is 11.4. The minimum Gasteiger partial charge on any atom is -0.494 e. The van der Waals surface area contributed by atoms with Crippen molar-refractivity contribution in [1.82, 2.24) is 4.90 Å². The van der Waals surface area contributed by atoms with Crippen molar-refractivity contribution >= 4 is 40.5 Å². The molecule has 6 nitrogen and oxygen atoms in total. The second-order valence-corrected chi connectivity index (χ2v) is 8.59. The average molecular weight is 464 g/mol. The van der Waals surface area contributed by atoms with Crippen molar-refractivity contribution in [2.75, 3.05) is 56.2 Å². The maximum Gasteiger partial charge on any atom is 0.262 e. The monoisotopic (exact) mass is 463 g/mol. The van der Waals surface area contributed by atoms with Gasteiger partial charge in [0.25, 0.3) is 5.91 Å². The van der Waals surface area contributed by atoms with Gasteiger partial charge in [0.15, 0.2) is 6.61 Å². The third-order valence-electron chi connectivity index (χ3n) is 5.62. The molecule has 166 valence electrons. The second-order valence-electron chi connectivity index (χ2n) is 7.81. The van der Waals surface area contributed by atoms with Crippen LogP contribution in [0.1, 0.15) is 19.3 Å². The molecule has 0 saturated carbocycles. The lowest BCUT2D eigenvalue weighted by Crippen LogP contribution is -2.46. The SMILES string of the molecule is O=C1COc2ccc(OCCCCCN3CCN(c4cccc(Cl)c4Cl)CC3)cc2N1. The number of benzene rings is 2. The summed E-state index contributed by atoms with van der Waals surface area (Å²) in [4.78, 5) is 16.2. The highest BCUT2D eigenvalue weighted by atomic mass is 35.5. The molecule has 0 radical (unpaired) electrons. The van der Waals surface area contributed by atoms with Gasteiger partial charge < -0.3 is 19.7 Å². The number of hydrogen-bond donors (Lipinski definition) is 1. The van der Waals surface area contributed by atoms with Gasteiger partial charge in [0.1, 0.15) is 11.5 Å². The molecule has 8 heteroatoms. The largest absolute Gasteiger partial charge is 0.494 e. The van der Waals surface area contributed by atoms with Gasteiger partial charge in [0, 0.05) is 32.2 Å². The van der Waals surface area contributed by atoms with Gasteiger partial charge in [-0.3, -0.25) is 9.69 Å². The predicted molar refractivity (Wildman–Crippen MR) is 125 cm³/mol. The van der Waals surface area contributed by atoms with Crippen molar-refractivity contribution in [3.8, 4) is 11.5 Å². The van der Waals surface area contributed by atoms with Gasteiger partial charge in [-0.15, -0.1) is 0 Å². The van der Waals surface area contributed by atoms with Crippen LogP contribution < -0.4 is 19.7 Å². The van der Waals surface area contributed by atoms with E-state index in [1.54, 1.807) is 0 Å². The van der Waals surface area contributed by atoms with Gasteiger partial charge in [-0.25, -0.2) is 0 Å². The molecule has 2 heterocycles. The number of nitrogens with zero attached hydrogens (tertiary/aromatic N) is 2. The number of carbonyl (C=O) groups is 1. The zero-order valence-corrected chi connectivity index (χ0v) is 18.9. The number of halogens is 2. The summed E-state index contributed by atoms with van der Waals surface area (Å²) in [7, 11) is 0. The summed E-state index contributed by atoms with van der Waals surface area (Å²) >= 11 is 12.5. The number of nitrogens with one attached hydrogen (secondary N) is 1. The Hall–Kier alpha value is -2.15. The van der Waals surface area contributed by atoms with Crippen LogP contribution in [-0.2, 0) is 4.79 Å². The Kier molecular flexibility index (Phi) is 7.43. The molecule has 1 amide bonds. The molecule has 2 aliphatic rings. The van der Waals surface area contributed by atoms with E-state index in [2.05, 4.69) is 15.1 Å². The van der Waals surface area contributed by atoms with Crippen LogP contribution >= 0.6 is 23.2 Å². The fourth-order valence-corrected chi connectivity index (χ4v) is 4.32. The fraction of sp³-hybridized carbons (Fsp3) is 0.435. The molecule has 1 saturated heterocycles. The van der Waals surface area contributed by atoms with E-state index in [1.807, 2.05) is 36.4 Å². The van der Waals surface area contributed by atoms with Gasteiger partial charge in [-0.2, -0.15) is 0 Å². The lowest BCUT2D eigenvalue weighted by atomic mass is 10.2. The number of piperazine rings is 1. The minimum absolute atomic E-state index is 0.0661. The number of rotatable bonds is 8. The van der Waals surface area contributed by atoms with Crippen LogP contribution in [0.2, 0.25) is 10.0 Å². The molecule has 1 fully saturated rings. The lowest BCUT2D eigenvalue weighted by Gasteiger charge is -2.36. The first-order chi connectivity index (χ1) is 15.1. The number of amides is 1. The molecule has 31 heavy (non-hydrogen) atoms. The lowest BCUT2D eigenvalue weighted by molar-refractivity contribution is -0.118. The van der Waals surface area contributed by atoms with Crippen LogP contribution in [0.25, 0.3) is 0 Å². The molecule has 1 N–H and O–H groups in total. The van der Waals surface area contributed by atoms with Gasteiger partial charge in [-0.05, 0) is 50.1 Å². The zero-order chi connectivity index (χ0) is 21.6. The average Bonchev–Trinajstić information content (AvgIpc) is 2.78. The van der Waals surface area contributed by atoms with Crippen molar-refractivity contribution in [3.05, 3.63) is 46.4 Å². The number of ether oxygens (including phenoxy) is 2. The molecule has 2 aromatic carbocycles. The third kappa shape index (κ3) is 5.76. The summed E-state index contributed by atoms with van der Waals surface area (Å²) in [5.74, 6) is 1.30. The van der Waals surface area contributed by atoms with E-state index >= 15 is 0 Å². The highest BCUT2D eigenvalue weighted by Crippen LogP contribution is 2.33. The maximum absolute atomic E-state index is 11.4. The summed E-state index contributed by atoms with van der Waals surface area (Å²) in [6.07, 6.45) is 3.26. The Labute approximate surface area is 193 Å². The van der Waals surface area contributed by atoms with Crippen molar-refractivity contribution in [2.24, 2.45) is 0 Å². The van der Waals surface area contributed by atoms with Crippen LogP contribution in [0.5, 0.6) is 11.5 Å². The summed E-state index contributed by atoms with van der Waals surface area (Å²) < 4.78 is 11.2. The van der Waals surface area contributed by atoms with E-state index < -0.39 is 0 Å². The molecule has 0 aliphatic carbocycles. The second kappa shape index (κ2) is 10.4. The smallest absolute Gasteiger partial charge is 0.262 e. The molecular formula is C23H27Cl2N3O3. The van der Waals surface area contributed by atoms with Crippen molar-refractivity contribution in [1.29, 1.82) is 0 Å².